The standard InChI is InChI=1S/C25H20N4O3/c1-30-17-9-10-20(31-2)18(12-17)21-19(13-26)24(27)32-25-22(21)23(28-29-25)16-8-7-14-5-3-4-6-15(14)11-16/h3-12,21H,27H2,1-2H3,(H,28,29). The molecule has 5 rings (SSSR count). The van der Waals surface area contributed by atoms with Gasteiger partial charge >= 0.3 is 0 Å². The minimum absolute atomic E-state index is 0.0198. The van der Waals surface area contributed by atoms with E-state index in [0.717, 1.165) is 33.2 Å². The van der Waals surface area contributed by atoms with Crippen LogP contribution >= 0.6 is 0 Å². The molecular weight excluding hydrogens is 404 g/mol. The quantitative estimate of drug-likeness (QED) is 0.501. The Morgan fingerprint density at radius 3 is 2.59 bits per heavy atom. The zero-order valence-electron chi connectivity index (χ0n) is 17.5. The van der Waals surface area contributed by atoms with Crippen LogP contribution in [-0.2, 0) is 0 Å². The van der Waals surface area contributed by atoms with Crippen molar-refractivity contribution >= 4 is 10.8 Å². The van der Waals surface area contributed by atoms with Gasteiger partial charge in [0.25, 0.3) is 0 Å². The molecule has 7 heteroatoms. The summed E-state index contributed by atoms with van der Waals surface area (Å²) in [6.07, 6.45) is 0. The molecule has 0 radical (unpaired) electrons. The van der Waals surface area contributed by atoms with Gasteiger partial charge in [-0.1, -0.05) is 36.4 Å². The first-order valence-electron chi connectivity index (χ1n) is 10.0. The van der Waals surface area contributed by atoms with Crippen molar-refractivity contribution in [3.63, 3.8) is 0 Å². The molecular formula is C25H20N4O3. The third-order valence-corrected chi connectivity index (χ3v) is 5.72. The fraction of sp³-hybridized carbons (Fsp3) is 0.120. The van der Waals surface area contributed by atoms with E-state index in [9.17, 15) is 5.26 Å². The van der Waals surface area contributed by atoms with E-state index in [1.807, 2.05) is 30.3 Å². The number of nitrogens with zero attached hydrogens (tertiary/aromatic N) is 2. The van der Waals surface area contributed by atoms with Crippen molar-refractivity contribution in [2.45, 2.75) is 5.92 Å². The van der Waals surface area contributed by atoms with Gasteiger partial charge < -0.3 is 19.9 Å². The number of nitrogens with one attached hydrogen (secondary N) is 1. The molecule has 3 aromatic carbocycles. The Bertz CT molecular complexity index is 1410. The summed E-state index contributed by atoms with van der Waals surface area (Å²) in [7, 11) is 3.18. The molecule has 0 aliphatic carbocycles. The first kappa shape index (κ1) is 19.5. The molecule has 4 aromatic rings. The Morgan fingerprint density at radius 2 is 1.84 bits per heavy atom. The number of H-pyrrole nitrogens is 1. The van der Waals surface area contributed by atoms with Gasteiger partial charge in [-0.05, 0) is 35.0 Å². The number of methoxy groups -OCH3 is 2. The Kier molecular flexibility index (Phi) is 4.68. The first-order valence-corrected chi connectivity index (χ1v) is 10.0. The van der Waals surface area contributed by atoms with Gasteiger partial charge in [0.2, 0.25) is 11.8 Å². The molecule has 0 fully saturated rings. The zero-order valence-corrected chi connectivity index (χ0v) is 17.5. The topological polar surface area (TPSA) is 106 Å². The highest BCUT2D eigenvalue weighted by Crippen LogP contribution is 2.48. The molecule has 0 saturated carbocycles. The molecule has 0 amide bonds. The number of nitrogens with two attached hydrogens (primary N) is 1. The van der Waals surface area contributed by atoms with E-state index in [-0.39, 0.29) is 11.5 Å². The number of rotatable bonds is 4. The van der Waals surface area contributed by atoms with Crippen molar-refractivity contribution < 1.29 is 14.2 Å². The average Bonchev–Trinajstić information content (AvgIpc) is 3.25. The Morgan fingerprint density at radius 1 is 1.03 bits per heavy atom. The highest BCUT2D eigenvalue weighted by Gasteiger charge is 2.37. The number of nitriles is 1. The normalized spacial score (nSPS) is 15.1. The van der Waals surface area contributed by atoms with E-state index in [1.165, 1.54) is 0 Å². The van der Waals surface area contributed by atoms with Crippen LogP contribution in [0.5, 0.6) is 17.4 Å². The monoisotopic (exact) mass is 424 g/mol. The number of benzene rings is 3. The summed E-state index contributed by atoms with van der Waals surface area (Å²) in [5, 5.41) is 19.7. The molecule has 158 valence electrons. The molecule has 0 bridgehead atoms. The number of fused-ring (bicyclic) bond motifs is 2. The smallest absolute Gasteiger partial charge is 0.244 e. The molecule has 0 spiro atoms. The summed E-state index contributed by atoms with van der Waals surface area (Å²) < 4.78 is 16.8. The maximum absolute atomic E-state index is 9.98. The SMILES string of the molecule is COc1ccc(OC)c(C2C(C#N)=C(N)Oc3n[nH]c(-c4ccc5ccccc5c4)c32)c1. The van der Waals surface area contributed by atoms with Crippen molar-refractivity contribution in [2.75, 3.05) is 14.2 Å². The number of aromatic amines is 1. The fourth-order valence-corrected chi connectivity index (χ4v) is 4.19. The van der Waals surface area contributed by atoms with Crippen LogP contribution in [0.25, 0.3) is 22.0 Å². The van der Waals surface area contributed by atoms with E-state index in [0.29, 0.717) is 17.4 Å². The first-order chi connectivity index (χ1) is 15.6. The molecule has 1 atom stereocenters. The van der Waals surface area contributed by atoms with Crippen molar-refractivity contribution in [2.24, 2.45) is 5.73 Å². The Hall–Kier alpha value is -4.44. The van der Waals surface area contributed by atoms with Crippen molar-refractivity contribution in [1.29, 1.82) is 5.26 Å². The molecule has 7 nitrogen and oxygen atoms in total. The summed E-state index contributed by atoms with van der Waals surface area (Å²) in [5.74, 6) is 1.05. The Balaban J connectivity index is 1.76. The lowest BCUT2D eigenvalue weighted by Gasteiger charge is -2.25. The third-order valence-electron chi connectivity index (χ3n) is 5.72. The number of hydrogen-bond acceptors (Lipinski definition) is 6. The lowest BCUT2D eigenvalue weighted by atomic mass is 9.82. The van der Waals surface area contributed by atoms with Gasteiger partial charge in [-0.25, -0.2) is 0 Å². The highest BCUT2D eigenvalue weighted by atomic mass is 16.5. The van der Waals surface area contributed by atoms with Crippen LogP contribution in [0.3, 0.4) is 0 Å². The van der Waals surface area contributed by atoms with Gasteiger partial charge in [0.05, 0.1) is 31.4 Å². The van der Waals surface area contributed by atoms with Crippen LogP contribution in [0.4, 0.5) is 0 Å². The largest absolute Gasteiger partial charge is 0.497 e. The van der Waals surface area contributed by atoms with Gasteiger partial charge in [-0.2, -0.15) is 5.26 Å². The molecule has 0 saturated heterocycles. The second-order valence-corrected chi connectivity index (χ2v) is 7.41. The van der Waals surface area contributed by atoms with Gasteiger partial charge in [0.15, 0.2) is 0 Å². The molecule has 1 aliphatic rings. The number of ether oxygens (including phenoxy) is 3. The van der Waals surface area contributed by atoms with Gasteiger partial charge in [-0.3, -0.25) is 5.10 Å². The third kappa shape index (κ3) is 3.01. The number of aromatic nitrogens is 2. The van der Waals surface area contributed by atoms with Gasteiger partial charge in [-0.15, -0.1) is 5.10 Å². The zero-order chi connectivity index (χ0) is 22.2. The number of allylic oxidation sites excluding steroid dienone is 1. The van der Waals surface area contributed by atoms with Crippen LogP contribution in [0.1, 0.15) is 17.0 Å². The van der Waals surface area contributed by atoms with Crippen molar-refractivity contribution in [3.05, 3.63) is 83.2 Å². The maximum Gasteiger partial charge on any atom is 0.244 e. The molecule has 3 N–H and O–H groups in total. The predicted octanol–water partition coefficient (Wildman–Crippen LogP) is 4.47. The summed E-state index contributed by atoms with van der Waals surface area (Å²) in [4.78, 5) is 0. The molecule has 32 heavy (non-hydrogen) atoms. The van der Waals surface area contributed by atoms with E-state index in [2.05, 4.69) is 40.5 Å². The van der Waals surface area contributed by atoms with Crippen molar-refractivity contribution in [3.8, 4) is 34.7 Å². The summed E-state index contributed by atoms with van der Waals surface area (Å²) in [5.41, 5.74) is 9.54. The number of hydrogen-bond donors (Lipinski definition) is 2. The molecule has 1 aliphatic heterocycles. The molecule has 2 heterocycles. The predicted molar refractivity (Wildman–Crippen MR) is 120 cm³/mol. The van der Waals surface area contributed by atoms with Crippen molar-refractivity contribution in [1.82, 2.24) is 10.2 Å². The van der Waals surface area contributed by atoms with Crippen LogP contribution < -0.4 is 19.9 Å². The van der Waals surface area contributed by atoms with Gasteiger partial charge in [0.1, 0.15) is 23.1 Å². The second-order valence-electron chi connectivity index (χ2n) is 7.41. The lowest BCUT2D eigenvalue weighted by Crippen LogP contribution is -2.21. The molecule has 1 aromatic heterocycles. The van der Waals surface area contributed by atoms with Crippen LogP contribution in [0.15, 0.2) is 72.1 Å². The van der Waals surface area contributed by atoms with E-state index >= 15 is 0 Å². The minimum Gasteiger partial charge on any atom is -0.497 e. The summed E-state index contributed by atoms with van der Waals surface area (Å²) in [6.45, 7) is 0. The average molecular weight is 424 g/mol. The molecule has 1 unspecified atom stereocenters. The second kappa shape index (κ2) is 7.67. The van der Waals surface area contributed by atoms with Crippen LogP contribution in [-0.4, -0.2) is 24.4 Å². The summed E-state index contributed by atoms with van der Waals surface area (Å²) >= 11 is 0. The van der Waals surface area contributed by atoms with E-state index < -0.39 is 5.92 Å². The fourth-order valence-electron chi connectivity index (χ4n) is 4.19. The highest BCUT2D eigenvalue weighted by molar-refractivity contribution is 5.87. The van der Waals surface area contributed by atoms with E-state index in [1.54, 1.807) is 20.3 Å². The Labute approximate surface area is 184 Å². The lowest BCUT2D eigenvalue weighted by molar-refractivity contribution is 0.373. The minimum atomic E-state index is -0.547. The maximum atomic E-state index is 9.98. The van der Waals surface area contributed by atoms with Gasteiger partial charge in [0, 0.05) is 11.1 Å². The van der Waals surface area contributed by atoms with E-state index in [4.69, 9.17) is 19.9 Å². The van der Waals surface area contributed by atoms with Crippen LogP contribution in [0, 0.1) is 11.3 Å². The van der Waals surface area contributed by atoms with Crippen LogP contribution in [0.2, 0.25) is 0 Å². The summed E-state index contributed by atoms with van der Waals surface area (Å²) in [6, 6.07) is 22.0.